The second-order valence-corrected chi connectivity index (χ2v) is 5.48. The van der Waals surface area contributed by atoms with Crippen LogP contribution in [0.3, 0.4) is 0 Å². The van der Waals surface area contributed by atoms with E-state index in [1.165, 1.54) is 0 Å². The molecule has 0 atom stereocenters. The number of nitrogens with zero attached hydrogens (tertiary/aromatic N) is 3. The van der Waals surface area contributed by atoms with Gasteiger partial charge in [0.2, 0.25) is 0 Å². The molecule has 0 saturated carbocycles. The molecule has 1 aromatic heterocycles. The van der Waals surface area contributed by atoms with E-state index in [1.54, 1.807) is 44.5 Å². The topological polar surface area (TPSA) is 56.6 Å². The summed E-state index contributed by atoms with van der Waals surface area (Å²) in [6, 6.07) is 3.52. The summed E-state index contributed by atoms with van der Waals surface area (Å²) in [6.07, 6.45) is 5.92. The lowest BCUT2D eigenvalue weighted by Crippen LogP contribution is -2.27. The zero-order valence-corrected chi connectivity index (χ0v) is 14.6. The largest absolute Gasteiger partial charge is 0.493 e. The number of aryl methyl sites for hydroxylation is 1. The number of imidazole rings is 1. The molecule has 0 aliphatic rings. The molecule has 1 aromatic carbocycles. The van der Waals surface area contributed by atoms with Gasteiger partial charge in [0.15, 0.2) is 11.5 Å². The van der Waals surface area contributed by atoms with Gasteiger partial charge in [-0.1, -0.05) is 6.08 Å². The normalized spacial score (nSPS) is 10.3. The minimum Gasteiger partial charge on any atom is -0.493 e. The SMILES string of the molecule is C=CCc1cc(C(=O)N(C)Cc2nccn2C)cc(OC)c1OC. The van der Waals surface area contributed by atoms with Gasteiger partial charge < -0.3 is 18.9 Å². The maximum atomic E-state index is 12.8. The summed E-state index contributed by atoms with van der Waals surface area (Å²) in [5.41, 5.74) is 1.40. The fourth-order valence-electron chi connectivity index (χ4n) is 2.53. The van der Waals surface area contributed by atoms with Gasteiger partial charge in [-0.3, -0.25) is 4.79 Å². The van der Waals surface area contributed by atoms with Crippen LogP contribution >= 0.6 is 0 Å². The Morgan fingerprint density at radius 3 is 2.67 bits per heavy atom. The zero-order chi connectivity index (χ0) is 17.7. The monoisotopic (exact) mass is 329 g/mol. The van der Waals surface area contributed by atoms with Gasteiger partial charge in [-0.25, -0.2) is 4.98 Å². The van der Waals surface area contributed by atoms with Crippen LogP contribution in [-0.2, 0) is 20.0 Å². The van der Waals surface area contributed by atoms with E-state index in [4.69, 9.17) is 9.47 Å². The molecule has 0 spiro atoms. The smallest absolute Gasteiger partial charge is 0.254 e. The first kappa shape index (κ1) is 17.6. The first-order chi connectivity index (χ1) is 11.5. The highest BCUT2D eigenvalue weighted by molar-refractivity contribution is 5.95. The second-order valence-electron chi connectivity index (χ2n) is 5.48. The van der Waals surface area contributed by atoms with Crippen LogP contribution in [-0.4, -0.2) is 41.6 Å². The Hall–Kier alpha value is -2.76. The standard InChI is InChI=1S/C18H23N3O3/c1-6-7-13-10-14(11-15(23-4)17(13)24-5)18(22)21(3)12-16-19-8-9-20(16)2/h6,8-11H,1,7,12H2,2-5H3. The number of hydrogen-bond donors (Lipinski definition) is 0. The van der Waals surface area contributed by atoms with Gasteiger partial charge in [0.1, 0.15) is 5.82 Å². The van der Waals surface area contributed by atoms with E-state index in [2.05, 4.69) is 11.6 Å². The number of aromatic nitrogens is 2. The van der Waals surface area contributed by atoms with Crippen LogP contribution < -0.4 is 9.47 Å². The minimum atomic E-state index is -0.107. The van der Waals surface area contributed by atoms with Crippen molar-refractivity contribution in [1.82, 2.24) is 14.5 Å². The van der Waals surface area contributed by atoms with E-state index in [0.717, 1.165) is 11.4 Å². The van der Waals surface area contributed by atoms with Crippen molar-refractivity contribution in [3.63, 3.8) is 0 Å². The lowest BCUT2D eigenvalue weighted by Gasteiger charge is -2.19. The first-order valence-electron chi connectivity index (χ1n) is 7.59. The first-order valence-corrected chi connectivity index (χ1v) is 7.59. The molecule has 6 nitrogen and oxygen atoms in total. The number of allylic oxidation sites excluding steroid dienone is 1. The fraction of sp³-hybridized carbons (Fsp3) is 0.333. The number of methoxy groups -OCH3 is 2. The van der Waals surface area contributed by atoms with Crippen molar-refractivity contribution in [3.05, 3.63) is 54.1 Å². The number of benzene rings is 1. The van der Waals surface area contributed by atoms with Crippen molar-refractivity contribution >= 4 is 5.91 Å². The lowest BCUT2D eigenvalue weighted by atomic mass is 10.0. The molecule has 24 heavy (non-hydrogen) atoms. The summed E-state index contributed by atoms with van der Waals surface area (Å²) >= 11 is 0. The molecule has 0 unspecified atom stereocenters. The molecule has 0 radical (unpaired) electrons. The van der Waals surface area contributed by atoms with E-state index >= 15 is 0 Å². The second kappa shape index (κ2) is 7.68. The van der Waals surface area contributed by atoms with E-state index < -0.39 is 0 Å². The predicted molar refractivity (Wildman–Crippen MR) is 92.5 cm³/mol. The third-order valence-corrected chi connectivity index (χ3v) is 3.81. The van der Waals surface area contributed by atoms with Gasteiger partial charge in [0.05, 0.1) is 20.8 Å². The molecule has 0 aliphatic heterocycles. The highest BCUT2D eigenvalue weighted by atomic mass is 16.5. The maximum absolute atomic E-state index is 12.8. The van der Waals surface area contributed by atoms with Gasteiger partial charge in [0.25, 0.3) is 5.91 Å². The summed E-state index contributed by atoms with van der Waals surface area (Å²) < 4.78 is 12.7. The van der Waals surface area contributed by atoms with Gasteiger partial charge in [-0.15, -0.1) is 6.58 Å². The molecule has 6 heteroatoms. The third-order valence-electron chi connectivity index (χ3n) is 3.81. The molecule has 2 aromatic rings. The van der Waals surface area contributed by atoms with Gasteiger partial charge in [0, 0.05) is 37.6 Å². The van der Waals surface area contributed by atoms with Crippen molar-refractivity contribution in [2.24, 2.45) is 7.05 Å². The minimum absolute atomic E-state index is 0.107. The van der Waals surface area contributed by atoms with Crippen LogP contribution in [0.5, 0.6) is 11.5 Å². The van der Waals surface area contributed by atoms with E-state index in [0.29, 0.717) is 30.0 Å². The quantitative estimate of drug-likeness (QED) is 0.732. The van der Waals surface area contributed by atoms with E-state index in [1.807, 2.05) is 23.9 Å². The van der Waals surface area contributed by atoms with Gasteiger partial charge >= 0.3 is 0 Å². The Labute approximate surface area is 142 Å². The number of ether oxygens (including phenoxy) is 2. The van der Waals surface area contributed by atoms with Crippen molar-refractivity contribution in [3.8, 4) is 11.5 Å². The molecular weight excluding hydrogens is 306 g/mol. The summed E-state index contributed by atoms with van der Waals surface area (Å²) in [7, 11) is 6.79. The third kappa shape index (κ3) is 3.59. The van der Waals surface area contributed by atoms with Crippen LogP contribution in [0.15, 0.2) is 37.2 Å². The van der Waals surface area contributed by atoms with Crippen LogP contribution in [0.25, 0.3) is 0 Å². The predicted octanol–water partition coefficient (Wildman–Crippen LogP) is 2.44. The Morgan fingerprint density at radius 2 is 2.12 bits per heavy atom. The number of carbonyl (C=O) groups excluding carboxylic acids is 1. The van der Waals surface area contributed by atoms with E-state index in [9.17, 15) is 4.79 Å². The summed E-state index contributed by atoms with van der Waals surface area (Å²) in [5, 5.41) is 0. The summed E-state index contributed by atoms with van der Waals surface area (Å²) in [4.78, 5) is 18.7. The molecule has 128 valence electrons. The summed E-state index contributed by atoms with van der Waals surface area (Å²) in [5.74, 6) is 1.87. The molecule has 0 saturated heterocycles. The molecule has 0 bridgehead atoms. The average molecular weight is 329 g/mol. The van der Waals surface area contributed by atoms with E-state index in [-0.39, 0.29) is 5.91 Å². The Bertz CT molecular complexity index is 737. The fourth-order valence-corrected chi connectivity index (χ4v) is 2.53. The maximum Gasteiger partial charge on any atom is 0.254 e. The Balaban J connectivity index is 2.32. The molecule has 0 N–H and O–H groups in total. The number of hydrogen-bond acceptors (Lipinski definition) is 4. The zero-order valence-electron chi connectivity index (χ0n) is 14.6. The molecule has 2 rings (SSSR count). The molecule has 0 aliphatic carbocycles. The molecular formula is C18H23N3O3. The van der Waals surface area contributed by atoms with Crippen molar-refractivity contribution < 1.29 is 14.3 Å². The number of amides is 1. The highest BCUT2D eigenvalue weighted by Gasteiger charge is 2.19. The Morgan fingerprint density at radius 1 is 1.38 bits per heavy atom. The van der Waals surface area contributed by atoms with Crippen molar-refractivity contribution in [2.75, 3.05) is 21.3 Å². The van der Waals surface area contributed by atoms with Gasteiger partial charge in [-0.05, 0) is 18.6 Å². The van der Waals surface area contributed by atoms with Crippen molar-refractivity contribution in [2.45, 2.75) is 13.0 Å². The van der Waals surface area contributed by atoms with Crippen molar-refractivity contribution in [1.29, 1.82) is 0 Å². The number of rotatable bonds is 7. The van der Waals surface area contributed by atoms with Crippen LogP contribution in [0.1, 0.15) is 21.7 Å². The summed E-state index contributed by atoms with van der Waals surface area (Å²) in [6.45, 7) is 4.18. The average Bonchev–Trinajstić information content (AvgIpc) is 2.98. The van der Waals surface area contributed by atoms with Crippen LogP contribution in [0.2, 0.25) is 0 Å². The highest BCUT2D eigenvalue weighted by Crippen LogP contribution is 2.33. The lowest BCUT2D eigenvalue weighted by molar-refractivity contribution is 0.0780. The van der Waals surface area contributed by atoms with Gasteiger partial charge in [-0.2, -0.15) is 0 Å². The Kier molecular flexibility index (Phi) is 5.63. The molecule has 1 amide bonds. The number of carbonyl (C=O) groups is 1. The van der Waals surface area contributed by atoms with Crippen LogP contribution in [0, 0.1) is 0 Å². The van der Waals surface area contributed by atoms with Crippen LogP contribution in [0.4, 0.5) is 0 Å². The molecule has 0 fully saturated rings. The molecule has 1 heterocycles.